The van der Waals surface area contributed by atoms with Crippen molar-refractivity contribution in [1.29, 1.82) is 0 Å². The Balaban J connectivity index is 1.63. The molecule has 0 atom stereocenters. The molecule has 0 saturated carbocycles. The van der Waals surface area contributed by atoms with Crippen LogP contribution in [0.5, 0.6) is 0 Å². The number of anilines is 3. The Morgan fingerprint density at radius 1 is 0.885 bits per heavy atom. The number of amides is 2. The first-order valence-corrected chi connectivity index (χ1v) is 8.74. The highest BCUT2D eigenvalue weighted by Crippen LogP contribution is 2.20. The summed E-state index contributed by atoms with van der Waals surface area (Å²) in [6.07, 6.45) is 0. The largest absolute Gasteiger partial charge is 0.369 e. The van der Waals surface area contributed by atoms with Crippen molar-refractivity contribution in [3.63, 3.8) is 0 Å². The van der Waals surface area contributed by atoms with Gasteiger partial charge in [0.1, 0.15) is 0 Å². The number of carbonyl (C=O) groups excluding carboxylic acids is 2. The Morgan fingerprint density at radius 2 is 1.58 bits per heavy atom. The van der Waals surface area contributed by atoms with Gasteiger partial charge in [-0.05, 0) is 49.5 Å². The summed E-state index contributed by atoms with van der Waals surface area (Å²) < 4.78 is 0. The average molecular weight is 352 g/mol. The topological polar surface area (TPSA) is 64.7 Å². The van der Waals surface area contributed by atoms with Gasteiger partial charge in [-0.1, -0.05) is 6.07 Å². The molecular formula is C20H24N4O2. The van der Waals surface area contributed by atoms with Gasteiger partial charge < -0.3 is 20.4 Å². The quantitative estimate of drug-likeness (QED) is 0.888. The van der Waals surface area contributed by atoms with E-state index in [1.807, 2.05) is 24.3 Å². The molecular weight excluding hydrogens is 328 g/mol. The first-order chi connectivity index (χ1) is 12.5. The molecule has 3 rings (SSSR count). The van der Waals surface area contributed by atoms with Crippen molar-refractivity contribution in [3.05, 3.63) is 54.1 Å². The van der Waals surface area contributed by atoms with Crippen LogP contribution in [-0.4, -0.2) is 49.9 Å². The Morgan fingerprint density at radius 3 is 2.23 bits per heavy atom. The van der Waals surface area contributed by atoms with Crippen LogP contribution in [0.15, 0.2) is 48.5 Å². The lowest BCUT2D eigenvalue weighted by Crippen LogP contribution is -2.44. The zero-order valence-electron chi connectivity index (χ0n) is 15.2. The molecule has 0 aromatic heterocycles. The van der Waals surface area contributed by atoms with E-state index in [0.717, 1.165) is 31.9 Å². The molecule has 0 unspecified atom stereocenters. The molecule has 0 radical (unpaired) electrons. The van der Waals surface area contributed by atoms with E-state index in [1.54, 1.807) is 24.3 Å². The molecule has 136 valence electrons. The van der Waals surface area contributed by atoms with Crippen molar-refractivity contribution < 1.29 is 9.59 Å². The number of nitrogens with one attached hydrogen (secondary N) is 2. The number of nitrogens with zero attached hydrogens (tertiary/aromatic N) is 2. The van der Waals surface area contributed by atoms with Crippen LogP contribution in [0.4, 0.5) is 17.1 Å². The summed E-state index contributed by atoms with van der Waals surface area (Å²) in [6.45, 7) is 5.58. The van der Waals surface area contributed by atoms with Gasteiger partial charge in [0, 0.05) is 55.7 Å². The zero-order valence-corrected chi connectivity index (χ0v) is 15.2. The number of likely N-dealkylation sites (N-methyl/N-ethyl adjacent to an activating group) is 1. The maximum absolute atomic E-state index is 12.4. The van der Waals surface area contributed by atoms with Crippen LogP contribution in [0.2, 0.25) is 0 Å². The monoisotopic (exact) mass is 352 g/mol. The number of hydrogen-bond donors (Lipinski definition) is 2. The molecule has 0 bridgehead atoms. The Hall–Kier alpha value is -2.86. The van der Waals surface area contributed by atoms with Crippen molar-refractivity contribution in [2.24, 2.45) is 0 Å². The summed E-state index contributed by atoms with van der Waals surface area (Å²) in [7, 11) is 2.14. The minimum absolute atomic E-state index is 0.165. The van der Waals surface area contributed by atoms with E-state index in [1.165, 1.54) is 12.6 Å². The van der Waals surface area contributed by atoms with Crippen LogP contribution < -0.4 is 15.5 Å². The van der Waals surface area contributed by atoms with Gasteiger partial charge in [0.05, 0.1) is 0 Å². The lowest BCUT2D eigenvalue weighted by atomic mass is 10.1. The molecule has 26 heavy (non-hydrogen) atoms. The van der Waals surface area contributed by atoms with E-state index in [9.17, 15) is 9.59 Å². The summed E-state index contributed by atoms with van der Waals surface area (Å²) in [6, 6.07) is 14.8. The number of piperazine rings is 1. The fourth-order valence-corrected chi connectivity index (χ4v) is 2.96. The highest BCUT2D eigenvalue weighted by atomic mass is 16.2. The Kier molecular flexibility index (Phi) is 5.53. The Bertz CT molecular complexity index is 781. The van der Waals surface area contributed by atoms with Crippen molar-refractivity contribution >= 4 is 28.9 Å². The molecule has 6 heteroatoms. The molecule has 1 heterocycles. The summed E-state index contributed by atoms with van der Waals surface area (Å²) in [5, 5.41) is 5.58. The van der Waals surface area contributed by atoms with Crippen LogP contribution in [0.1, 0.15) is 17.3 Å². The SMILES string of the molecule is CC(=O)Nc1cccc(C(=O)Nc2ccc(N3CCN(C)CC3)cc2)c1. The third-order valence-electron chi connectivity index (χ3n) is 4.44. The van der Waals surface area contributed by atoms with Gasteiger partial charge in [0.15, 0.2) is 0 Å². The van der Waals surface area contributed by atoms with Crippen molar-refractivity contribution in [1.82, 2.24) is 4.90 Å². The predicted octanol–water partition coefficient (Wildman–Crippen LogP) is 2.65. The minimum Gasteiger partial charge on any atom is -0.369 e. The van der Waals surface area contributed by atoms with Crippen molar-refractivity contribution in [2.45, 2.75) is 6.92 Å². The molecule has 2 amide bonds. The fourth-order valence-electron chi connectivity index (χ4n) is 2.96. The van der Waals surface area contributed by atoms with Gasteiger partial charge >= 0.3 is 0 Å². The zero-order chi connectivity index (χ0) is 18.5. The summed E-state index contributed by atoms with van der Waals surface area (Å²) >= 11 is 0. The maximum atomic E-state index is 12.4. The molecule has 0 spiro atoms. The molecule has 2 N–H and O–H groups in total. The summed E-state index contributed by atoms with van der Waals surface area (Å²) in [5.74, 6) is -0.369. The minimum atomic E-state index is -0.204. The predicted molar refractivity (Wildman–Crippen MR) is 105 cm³/mol. The smallest absolute Gasteiger partial charge is 0.255 e. The highest BCUT2D eigenvalue weighted by Gasteiger charge is 2.14. The van der Waals surface area contributed by atoms with Gasteiger partial charge in [0.2, 0.25) is 5.91 Å². The standard InChI is InChI=1S/C20H24N4O2/c1-15(25)21-18-5-3-4-16(14-18)20(26)22-17-6-8-19(9-7-17)24-12-10-23(2)11-13-24/h3-9,14H,10-13H2,1-2H3,(H,21,25)(H,22,26). The van der Waals surface area contributed by atoms with Gasteiger partial charge in [-0.25, -0.2) is 0 Å². The van der Waals surface area contributed by atoms with Crippen molar-refractivity contribution in [2.75, 3.05) is 48.8 Å². The molecule has 2 aromatic rings. The molecule has 2 aromatic carbocycles. The second-order valence-electron chi connectivity index (χ2n) is 6.55. The lowest BCUT2D eigenvalue weighted by molar-refractivity contribution is -0.114. The first-order valence-electron chi connectivity index (χ1n) is 8.74. The van der Waals surface area contributed by atoms with Gasteiger partial charge in [-0.15, -0.1) is 0 Å². The molecule has 6 nitrogen and oxygen atoms in total. The third kappa shape index (κ3) is 4.61. The normalized spacial score (nSPS) is 14.8. The van der Waals surface area contributed by atoms with E-state index in [4.69, 9.17) is 0 Å². The van der Waals surface area contributed by atoms with E-state index >= 15 is 0 Å². The number of hydrogen-bond acceptors (Lipinski definition) is 4. The van der Waals surface area contributed by atoms with Crippen LogP contribution in [0.25, 0.3) is 0 Å². The first kappa shape index (κ1) is 17.9. The van der Waals surface area contributed by atoms with Gasteiger partial charge in [-0.2, -0.15) is 0 Å². The summed E-state index contributed by atoms with van der Waals surface area (Å²) in [4.78, 5) is 28.3. The van der Waals surface area contributed by atoms with Crippen LogP contribution in [0.3, 0.4) is 0 Å². The molecule has 1 aliphatic heterocycles. The number of rotatable bonds is 4. The van der Waals surface area contributed by atoms with E-state index in [2.05, 4.69) is 27.5 Å². The fraction of sp³-hybridized carbons (Fsp3) is 0.300. The van der Waals surface area contributed by atoms with E-state index in [0.29, 0.717) is 11.3 Å². The van der Waals surface area contributed by atoms with E-state index < -0.39 is 0 Å². The molecule has 0 aliphatic carbocycles. The number of carbonyl (C=O) groups is 2. The maximum Gasteiger partial charge on any atom is 0.255 e. The number of benzene rings is 2. The summed E-state index contributed by atoms with van der Waals surface area (Å²) in [5.41, 5.74) is 3.02. The molecule has 1 fully saturated rings. The van der Waals surface area contributed by atoms with Gasteiger partial charge in [-0.3, -0.25) is 9.59 Å². The second-order valence-corrected chi connectivity index (χ2v) is 6.55. The second kappa shape index (κ2) is 8.01. The van der Waals surface area contributed by atoms with Crippen LogP contribution in [0, 0.1) is 0 Å². The third-order valence-corrected chi connectivity index (χ3v) is 4.44. The van der Waals surface area contributed by atoms with Crippen LogP contribution in [-0.2, 0) is 4.79 Å². The Labute approximate surface area is 153 Å². The molecule has 1 saturated heterocycles. The average Bonchev–Trinajstić information content (AvgIpc) is 2.63. The lowest BCUT2D eigenvalue weighted by Gasteiger charge is -2.34. The molecule has 1 aliphatic rings. The highest BCUT2D eigenvalue weighted by molar-refractivity contribution is 6.05. The van der Waals surface area contributed by atoms with Gasteiger partial charge in [0.25, 0.3) is 5.91 Å². The van der Waals surface area contributed by atoms with Crippen molar-refractivity contribution in [3.8, 4) is 0 Å². The van der Waals surface area contributed by atoms with E-state index in [-0.39, 0.29) is 11.8 Å². The van der Waals surface area contributed by atoms with Crippen LogP contribution >= 0.6 is 0 Å².